The quantitative estimate of drug-likeness (QED) is 0.749. The number of nitrogens with zero attached hydrogens (tertiary/aromatic N) is 1. The molecule has 1 aliphatic heterocycles. The van der Waals surface area contributed by atoms with E-state index >= 15 is 0 Å². The zero-order chi connectivity index (χ0) is 20.1. The maximum atomic E-state index is 12.8. The first-order valence-electron chi connectivity index (χ1n) is 9.51. The highest BCUT2D eigenvalue weighted by Crippen LogP contribution is 2.29. The molecule has 2 aromatic rings. The van der Waals surface area contributed by atoms with E-state index in [0.717, 1.165) is 18.4 Å². The number of benzene rings is 2. The minimum absolute atomic E-state index is 0.0723. The van der Waals surface area contributed by atoms with Gasteiger partial charge in [-0.2, -0.15) is 0 Å². The van der Waals surface area contributed by atoms with Gasteiger partial charge in [0.25, 0.3) is 12.2 Å². The third-order valence-electron chi connectivity index (χ3n) is 5.12. The Hall–Kier alpha value is -2.70. The number of hydrogen-bond donors (Lipinski definition) is 2. The summed E-state index contributed by atoms with van der Waals surface area (Å²) in [5.41, 5.74) is 8.63. The van der Waals surface area contributed by atoms with Crippen molar-refractivity contribution in [3.63, 3.8) is 0 Å². The van der Waals surface area contributed by atoms with E-state index in [4.69, 9.17) is 10.5 Å². The zero-order valence-corrected chi connectivity index (χ0v) is 16.0. The van der Waals surface area contributed by atoms with E-state index in [-0.39, 0.29) is 5.91 Å². The molecule has 3 rings (SSSR count). The van der Waals surface area contributed by atoms with Gasteiger partial charge < -0.3 is 20.5 Å². The van der Waals surface area contributed by atoms with Crippen LogP contribution in [0.3, 0.4) is 0 Å². The lowest BCUT2D eigenvalue weighted by Gasteiger charge is -2.32. The Balaban J connectivity index is 1.63. The number of rotatable bonds is 6. The summed E-state index contributed by atoms with van der Waals surface area (Å²) < 4.78 is 5.18. The molecule has 2 aromatic carbocycles. The lowest BCUT2D eigenvalue weighted by molar-refractivity contribution is -0.138. The second-order valence-corrected chi connectivity index (χ2v) is 7.12. The normalized spacial score (nSPS) is 15.9. The summed E-state index contributed by atoms with van der Waals surface area (Å²) >= 11 is 0. The van der Waals surface area contributed by atoms with E-state index in [9.17, 15) is 14.7 Å². The molecule has 1 fully saturated rings. The van der Waals surface area contributed by atoms with Crippen LogP contribution in [0.25, 0.3) is 0 Å². The molecule has 0 radical (unpaired) electrons. The second-order valence-electron chi connectivity index (χ2n) is 7.12. The van der Waals surface area contributed by atoms with Gasteiger partial charge in [-0.15, -0.1) is 0 Å². The predicted molar refractivity (Wildman–Crippen MR) is 106 cm³/mol. The van der Waals surface area contributed by atoms with E-state index in [1.807, 2.05) is 17.0 Å². The summed E-state index contributed by atoms with van der Waals surface area (Å²) in [6.45, 7) is 3.13. The summed E-state index contributed by atoms with van der Waals surface area (Å²) in [6, 6.07) is 14.9. The van der Waals surface area contributed by atoms with Gasteiger partial charge in [0, 0.05) is 32.1 Å². The molecule has 0 saturated carbocycles. The van der Waals surface area contributed by atoms with Crippen molar-refractivity contribution in [2.45, 2.75) is 38.5 Å². The Morgan fingerprint density at radius 1 is 1.18 bits per heavy atom. The van der Waals surface area contributed by atoms with Crippen LogP contribution in [0.5, 0.6) is 5.75 Å². The van der Waals surface area contributed by atoms with Crippen LogP contribution in [-0.2, 0) is 11.3 Å². The fourth-order valence-electron chi connectivity index (χ4n) is 3.49. The van der Waals surface area contributed by atoms with E-state index in [1.54, 1.807) is 24.3 Å². The SMILES string of the molecule is CC(=O)C(O)Oc1cccc(C(=O)N2CCC(c3cccc(CN)c3)CC2)c1. The molecular weight excluding hydrogens is 356 g/mol. The van der Waals surface area contributed by atoms with Crippen LogP contribution < -0.4 is 10.5 Å². The van der Waals surface area contributed by atoms with Gasteiger partial charge in [-0.25, -0.2) is 0 Å². The predicted octanol–water partition coefficient (Wildman–Crippen LogP) is 2.45. The topological polar surface area (TPSA) is 92.9 Å². The lowest BCUT2D eigenvalue weighted by Crippen LogP contribution is -2.38. The van der Waals surface area contributed by atoms with Crippen molar-refractivity contribution in [1.82, 2.24) is 4.90 Å². The largest absolute Gasteiger partial charge is 0.458 e. The molecule has 3 N–H and O–H groups in total. The first kappa shape index (κ1) is 20.0. The first-order chi connectivity index (χ1) is 13.5. The lowest BCUT2D eigenvalue weighted by atomic mass is 9.88. The Morgan fingerprint density at radius 2 is 1.89 bits per heavy atom. The third kappa shape index (κ3) is 4.77. The Kier molecular flexibility index (Phi) is 6.44. The van der Waals surface area contributed by atoms with Crippen LogP contribution in [-0.4, -0.2) is 41.1 Å². The summed E-state index contributed by atoms with van der Waals surface area (Å²) in [4.78, 5) is 25.8. The van der Waals surface area contributed by atoms with Crippen molar-refractivity contribution in [2.75, 3.05) is 13.1 Å². The van der Waals surface area contributed by atoms with Gasteiger partial charge in [-0.1, -0.05) is 30.3 Å². The van der Waals surface area contributed by atoms with Crippen LogP contribution in [0.15, 0.2) is 48.5 Å². The van der Waals surface area contributed by atoms with Crippen molar-refractivity contribution < 1.29 is 19.4 Å². The standard InChI is InChI=1S/C22H26N2O4/c1-15(25)22(27)28-20-7-3-6-19(13-20)21(26)24-10-8-17(9-11-24)18-5-2-4-16(12-18)14-23/h2-7,12-13,17,22,27H,8-11,14,23H2,1H3. The number of carbonyl (C=O) groups excluding carboxylic acids is 2. The first-order valence-corrected chi connectivity index (χ1v) is 9.51. The summed E-state index contributed by atoms with van der Waals surface area (Å²) in [5.74, 6) is 0.160. The molecule has 6 nitrogen and oxygen atoms in total. The molecule has 6 heteroatoms. The number of hydrogen-bond acceptors (Lipinski definition) is 5. The van der Waals surface area contributed by atoms with Crippen LogP contribution in [0, 0.1) is 0 Å². The number of nitrogens with two attached hydrogens (primary N) is 1. The Bertz CT molecular complexity index is 844. The van der Waals surface area contributed by atoms with E-state index in [0.29, 0.717) is 36.9 Å². The summed E-state index contributed by atoms with van der Waals surface area (Å²) in [6.07, 6.45) is 0.281. The van der Waals surface area contributed by atoms with Gasteiger partial charge in [0.2, 0.25) is 0 Å². The fourth-order valence-corrected chi connectivity index (χ4v) is 3.49. The maximum Gasteiger partial charge on any atom is 0.257 e. The highest BCUT2D eigenvalue weighted by Gasteiger charge is 2.25. The molecular formula is C22H26N2O4. The summed E-state index contributed by atoms with van der Waals surface area (Å²) in [5, 5.41) is 9.56. The van der Waals surface area contributed by atoms with Crippen molar-refractivity contribution in [3.05, 3.63) is 65.2 Å². The molecule has 148 valence electrons. The monoisotopic (exact) mass is 382 g/mol. The molecule has 0 aromatic heterocycles. The smallest absolute Gasteiger partial charge is 0.257 e. The van der Waals surface area contributed by atoms with Gasteiger partial charge in [-0.05, 0) is 48.1 Å². The Labute approximate surface area is 164 Å². The zero-order valence-electron chi connectivity index (χ0n) is 16.0. The van der Waals surface area contributed by atoms with Crippen molar-refractivity contribution in [1.29, 1.82) is 0 Å². The number of aliphatic hydroxyl groups is 1. The van der Waals surface area contributed by atoms with Crippen LogP contribution in [0.1, 0.15) is 47.2 Å². The number of aliphatic hydroxyl groups excluding tert-OH is 1. The molecule has 1 atom stereocenters. The van der Waals surface area contributed by atoms with Gasteiger partial charge in [0.05, 0.1) is 0 Å². The molecule has 1 aliphatic rings. The molecule has 1 amide bonds. The number of likely N-dealkylation sites (tertiary alicyclic amines) is 1. The van der Waals surface area contributed by atoms with Crippen LogP contribution in [0.4, 0.5) is 0 Å². The van der Waals surface area contributed by atoms with E-state index in [1.165, 1.54) is 12.5 Å². The molecule has 0 bridgehead atoms. The highest BCUT2D eigenvalue weighted by molar-refractivity contribution is 5.94. The molecule has 1 saturated heterocycles. The fraction of sp³-hybridized carbons (Fsp3) is 0.364. The van der Waals surface area contributed by atoms with Crippen LogP contribution in [0.2, 0.25) is 0 Å². The van der Waals surface area contributed by atoms with E-state index in [2.05, 4.69) is 12.1 Å². The number of ketones is 1. The molecule has 0 aliphatic carbocycles. The molecule has 1 heterocycles. The highest BCUT2D eigenvalue weighted by atomic mass is 16.6. The molecule has 28 heavy (non-hydrogen) atoms. The third-order valence-corrected chi connectivity index (χ3v) is 5.12. The van der Waals surface area contributed by atoms with Gasteiger partial charge in [-0.3, -0.25) is 9.59 Å². The van der Waals surface area contributed by atoms with Gasteiger partial charge in [0.15, 0.2) is 5.78 Å². The average Bonchev–Trinajstić information content (AvgIpc) is 2.73. The van der Waals surface area contributed by atoms with Crippen molar-refractivity contribution >= 4 is 11.7 Å². The van der Waals surface area contributed by atoms with Crippen LogP contribution >= 0.6 is 0 Å². The van der Waals surface area contributed by atoms with Gasteiger partial charge in [0.1, 0.15) is 5.75 Å². The van der Waals surface area contributed by atoms with Crippen molar-refractivity contribution in [3.8, 4) is 5.75 Å². The van der Waals surface area contributed by atoms with Crippen molar-refractivity contribution in [2.24, 2.45) is 5.73 Å². The number of ether oxygens (including phenoxy) is 1. The molecule has 0 spiro atoms. The van der Waals surface area contributed by atoms with Gasteiger partial charge >= 0.3 is 0 Å². The molecule has 1 unspecified atom stereocenters. The van der Waals surface area contributed by atoms with E-state index < -0.39 is 12.1 Å². The minimum atomic E-state index is -1.52. The number of Topliss-reactive ketones (excluding diaryl/α,β-unsaturated/α-hetero) is 1. The Morgan fingerprint density at radius 3 is 2.57 bits per heavy atom. The minimum Gasteiger partial charge on any atom is -0.458 e. The summed E-state index contributed by atoms with van der Waals surface area (Å²) in [7, 11) is 0. The maximum absolute atomic E-state index is 12.8. The number of amides is 1. The average molecular weight is 382 g/mol. The second kappa shape index (κ2) is 8.99. The number of piperidine rings is 1. The number of carbonyl (C=O) groups is 2.